The van der Waals surface area contributed by atoms with Gasteiger partial charge in [-0.1, -0.05) is 0 Å². The Kier molecular flexibility index (Phi) is 4.66. The first-order valence-electron chi connectivity index (χ1n) is 7.87. The van der Waals surface area contributed by atoms with E-state index in [1.54, 1.807) is 18.6 Å². The maximum absolute atomic E-state index is 12.1. The maximum Gasteiger partial charge on any atom is 0.249 e. The molecule has 122 valence electrons. The Hall–Kier alpha value is -2.28. The van der Waals surface area contributed by atoms with E-state index in [1.807, 2.05) is 22.6 Å². The molecule has 7 heteroatoms. The molecule has 0 N–H and O–H groups in total. The summed E-state index contributed by atoms with van der Waals surface area (Å²) < 4.78 is 6.84. The first-order valence-corrected chi connectivity index (χ1v) is 7.87. The second kappa shape index (κ2) is 6.87. The lowest BCUT2D eigenvalue weighted by atomic mass is 10.1. The third-order valence-corrected chi connectivity index (χ3v) is 4.13. The lowest BCUT2D eigenvalue weighted by Gasteiger charge is -2.23. The van der Waals surface area contributed by atoms with Crippen molar-refractivity contribution in [3.8, 4) is 11.4 Å². The molecule has 0 radical (unpaired) electrons. The average molecular weight is 315 g/mol. The topological polar surface area (TPSA) is 73.1 Å². The normalized spacial score (nSPS) is 17.7. The van der Waals surface area contributed by atoms with Crippen molar-refractivity contribution in [3.63, 3.8) is 0 Å². The molecular weight excluding hydrogens is 294 g/mol. The van der Waals surface area contributed by atoms with Crippen molar-refractivity contribution in [1.29, 1.82) is 0 Å². The van der Waals surface area contributed by atoms with Crippen molar-refractivity contribution in [2.75, 3.05) is 20.3 Å². The van der Waals surface area contributed by atoms with E-state index in [0.717, 1.165) is 43.0 Å². The van der Waals surface area contributed by atoms with Crippen LogP contribution in [-0.4, -0.2) is 50.8 Å². The molecule has 1 aliphatic rings. The number of carbonyl (C=O) groups excluding carboxylic acids is 1. The lowest BCUT2D eigenvalue weighted by molar-refractivity contribution is -0.136. The highest BCUT2D eigenvalue weighted by molar-refractivity contribution is 5.78. The van der Waals surface area contributed by atoms with Crippen LogP contribution in [0.25, 0.3) is 11.4 Å². The number of aromatic nitrogens is 4. The van der Waals surface area contributed by atoms with E-state index in [2.05, 4.69) is 15.1 Å². The molecule has 2 aromatic rings. The van der Waals surface area contributed by atoms with Crippen LogP contribution in [0.1, 0.15) is 31.5 Å². The molecule has 1 aliphatic heterocycles. The molecule has 0 bridgehead atoms. The van der Waals surface area contributed by atoms with Crippen LogP contribution in [0.4, 0.5) is 0 Å². The molecule has 1 saturated heterocycles. The highest BCUT2D eigenvalue weighted by Gasteiger charge is 2.30. The van der Waals surface area contributed by atoms with E-state index < -0.39 is 0 Å². The van der Waals surface area contributed by atoms with Gasteiger partial charge < -0.3 is 9.64 Å². The molecule has 1 amide bonds. The fourth-order valence-corrected chi connectivity index (χ4v) is 3.02. The highest BCUT2D eigenvalue weighted by atomic mass is 16.5. The van der Waals surface area contributed by atoms with Crippen LogP contribution in [0, 0.1) is 0 Å². The SMILES string of the molecule is CCn1nccc1-c1cnc([C@@H]2CCCN2C(=O)COC)cn1. The predicted octanol–water partition coefficient (Wildman–Crippen LogP) is 1.67. The number of methoxy groups -OCH3 is 1. The Balaban J connectivity index is 1.80. The van der Waals surface area contributed by atoms with Crippen molar-refractivity contribution in [3.05, 3.63) is 30.4 Å². The van der Waals surface area contributed by atoms with Gasteiger partial charge in [-0.2, -0.15) is 5.10 Å². The fraction of sp³-hybridized carbons (Fsp3) is 0.500. The highest BCUT2D eigenvalue weighted by Crippen LogP contribution is 2.31. The zero-order valence-corrected chi connectivity index (χ0v) is 13.5. The van der Waals surface area contributed by atoms with Gasteiger partial charge in [0, 0.05) is 26.4 Å². The molecule has 1 atom stereocenters. The van der Waals surface area contributed by atoms with Gasteiger partial charge >= 0.3 is 0 Å². The summed E-state index contributed by atoms with van der Waals surface area (Å²) in [6.07, 6.45) is 7.18. The Morgan fingerprint density at radius 3 is 2.96 bits per heavy atom. The Labute approximate surface area is 135 Å². The average Bonchev–Trinajstić information content (AvgIpc) is 3.24. The third kappa shape index (κ3) is 3.10. The van der Waals surface area contributed by atoms with E-state index >= 15 is 0 Å². The van der Waals surface area contributed by atoms with Crippen molar-refractivity contribution in [1.82, 2.24) is 24.6 Å². The third-order valence-electron chi connectivity index (χ3n) is 4.13. The molecule has 0 aromatic carbocycles. The van der Waals surface area contributed by atoms with E-state index in [0.29, 0.717) is 0 Å². The summed E-state index contributed by atoms with van der Waals surface area (Å²) in [4.78, 5) is 23.0. The van der Waals surface area contributed by atoms with Crippen LogP contribution < -0.4 is 0 Å². The number of hydrogen-bond acceptors (Lipinski definition) is 5. The Bertz CT molecular complexity index is 667. The van der Waals surface area contributed by atoms with Gasteiger partial charge in [0.15, 0.2) is 0 Å². The first kappa shape index (κ1) is 15.6. The van der Waals surface area contributed by atoms with Crippen molar-refractivity contribution in [2.45, 2.75) is 32.4 Å². The van der Waals surface area contributed by atoms with Crippen LogP contribution in [0.2, 0.25) is 0 Å². The number of carbonyl (C=O) groups is 1. The molecule has 3 rings (SSSR count). The molecule has 0 saturated carbocycles. The molecule has 0 spiro atoms. The van der Waals surface area contributed by atoms with Gasteiger partial charge in [0.2, 0.25) is 5.91 Å². The lowest BCUT2D eigenvalue weighted by Crippen LogP contribution is -2.33. The van der Waals surface area contributed by atoms with Crippen LogP contribution >= 0.6 is 0 Å². The number of nitrogens with zero attached hydrogens (tertiary/aromatic N) is 5. The monoisotopic (exact) mass is 315 g/mol. The summed E-state index contributed by atoms with van der Waals surface area (Å²) in [5, 5.41) is 4.25. The van der Waals surface area contributed by atoms with Gasteiger partial charge in [-0.05, 0) is 25.8 Å². The number of hydrogen-bond donors (Lipinski definition) is 0. The first-order chi connectivity index (χ1) is 11.2. The summed E-state index contributed by atoms with van der Waals surface area (Å²) in [6, 6.07) is 1.92. The number of rotatable bonds is 5. The zero-order valence-electron chi connectivity index (χ0n) is 13.5. The molecule has 0 aliphatic carbocycles. The molecule has 23 heavy (non-hydrogen) atoms. The second-order valence-electron chi connectivity index (χ2n) is 5.54. The quantitative estimate of drug-likeness (QED) is 0.839. The van der Waals surface area contributed by atoms with Crippen molar-refractivity contribution < 1.29 is 9.53 Å². The van der Waals surface area contributed by atoms with E-state index in [4.69, 9.17) is 4.74 Å². The van der Waals surface area contributed by atoms with Crippen molar-refractivity contribution >= 4 is 5.91 Å². The van der Waals surface area contributed by atoms with Crippen molar-refractivity contribution in [2.24, 2.45) is 0 Å². The van der Waals surface area contributed by atoms with Gasteiger partial charge in [0.25, 0.3) is 0 Å². The number of likely N-dealkylation sites (tertiary alicyclic amines) is 1. The minimum absolute atomic E-state index is 0.00436. The second-order valence-corrected chi connectivity index (χ2v) is 5.54. The Morgan fingerprint density at radius 1 is 1.39 bits per heavy atom. The van der Waals surface area contributed by atoms with Gasteiger partial charge in [-0.15, -0.1) is 0 Å². The standard InChI is InChI=1S/C16H21N5O2/c1-3-21-15(6-7-19-21)13-10-17-12(9-18-13)14-5-4-8-20(14)16(22)11-23-2/h6-7,9-10,14H,3-5,8,11H2,1-2H3/t14-/m0/s1. The van der Waals surface area contributed by atoms with E-state index in [9.17, 15) is 4.79 Å². The number of ether oxygens (including phenoxy) is 1. The molecule has 2 aromatic heterocycles. The Morgan fingerprint density at radius 2 is 2.26 bits per heavy atom. The summed E-state index contributed by atoms with van der Waals surface area (Å²) in [7, 11) is 1.54. The minimum atomic E-state index is -0.00436. The van der Waals surface area contributed by atoms with E-state index in [1.165, 1.54) is 7.11 Å². The fourth-order valence-electron chi connectivity index (χ4n) is 3.02. The van der Waals surface area contributed by atoms with Crippen LogP contribution in [0.15, 0.2) is 24.7 Å². The van der Waals surface area contributed by atoms with Gasteiger partial charge in [-0.25, -0.2) is 0 Å². The van der Waals surface area contributed by atoms with Crippen LogP contribution in [0.5, 0.6) is 0 Å². The summed E-state index contributed by atoms with van der Waals surface area (Å²) in [5.74, 6) is 0.00457. The number of amides is 1. The van der Waals surface area contributed by atoms with E-state index in [-0.39, 0.29) is 18.6 Å². The largest absolute Gasteiger partial charge is 0.375 e. The minimum Gasteiger partial charge on any atom is -0.375 e. The summed E-state index contributed by atoms with van der Waals surface area (Å²) >= 11 is 0. The molecule has 0 unspecified atom stereocenters. The maximum atomic E-state index is 12.1. The predicted molar refractivity (Wildman–Crippen MR) is 84.5 cm³/mol. The molecule has 1 fully saturated rings. The molecule has 7 nitrogen and oxygen atoms in total. The van der Waals surface area contributed by atoms with Crippen LogP contribution in [-0.2, 0) is 16.1 Å². The summed E-state index contributed by atoms with van der Waals surface area (Å²) in [6.45, 7) is 3.68. The smallest absolute Gasteiger partial charge is 0.249 e. The number of aryl methyl sites for hydroxylation is 1. The van der Waals surface area contributed by atoms with Gasteiger partial charge in [0.1, 0.15) is 12.3 Å². The van der Waals surface area contributed by atoms with Crippen LogP contribution in [0.3, 0.4) is 0 Å². The molecule has 3 heterocycles. The van der Waals surface area contributed by atoms with Gasteiger partial charge in [-0.3, -0.25) is 19.4 Å². The zero-order chi connectivity index (χ0) is 16.2. The summed E-state index contributed by atoms with van der Waals surface area (Å²) in [5.41, 5.74) is 2.57. The molecular formula is C16H21N5O2. The van der Waals surface area contributed by atoms with Gasteiger partial charge in [0.05, 0.1) is 29.8 Å².